The molecule has 4 heteroatoms. The van der Waals surface area contributed by atoms with E-state index in [4.69, 9.17) is 0 Å². The van der Waals surface area contributed by atoms with Crippen LogP contribution in [0.1, 0.15) is 52.0 Å². The van der Waals surface area contributed by atoms with E-state index < -0.39 is 0 Å². The molecule has 0 saturated carbocycles. The van der Waals surface area contributed by atoms with Crippen LogP contribution in [0.15, 0.2) is 18.2 Å². The standard InChI is InChI=1S/C16H22N2OS/c1-5-11(4)12-6-7-13-14(9-12)20-16(17-13)18-15(19)8-10(2)3/h6-7,9-11H,5,8H2,1-4H3,(H,17,18,19). The van der Waals surface area contributed by atoms with Crippen molar-refractivity contribution in [3.05, 3.63) is 23.8 Å². The summed E-state index contributed by atoms with van der Waals surface area (Å²) in [5, 5.41) is 3.59. The normalized spacial score (nSPS) is 12.8. The maximum absolute atomic E-state index is 11.8. The van der Waals surface area contributed by atoms with Crippen molar-refractivity contribution in [1.82, 2.24) is 4.98 Å². The molecule has 2 rings (SSSR count). The summed E-state index contributed by atoms with van der Waals surface area (Å²) >= 11 is 1.55. The quantitative estimate of drug-likeness (QED) is 0.860. The number of aromatic nitrogens is 1. The molecule has 1 unspecified atom stereocenters. The Morgan fingerprint density at radius 1 is 1.35 bits per heavy atom. The summed E-state index contributed by atoms with van der Waals surface area (Å²) in [5.74, 6) is 0.961. The first-order valence-corrected chi connectivity index (χ1v) is 8.01. The SMILES string of the molecule is CCC(C)c1ccc2nc(NC(=O)CC(C)C)sc2c1. The number of anilines is 1. The van der Waals surface area contributed by atoms with Gasteiger partial charge in [0.25, 0.3) is 0 Å². The van der Waals surface area contributed by atoms with E-state index in [0.29, 0.717) is 23.4 Å². The highest BCUT2D eigenvalue weighted by Crippen LogP contribution is 2.30. The lowest BCUT2D eigenvalue weighted by Gasteiger charge is -2.07. The Labute approximate surface area is 124 Å². The van der Waals surface area contributed by atoms with Crippen LogP contribution in [0.3, 0.4) is 0 Å². The third-order valence-electron chi connectivity index (χ3n) is 3.43. The van der Waals surface area contributed by atoms with Gasteiger partial charge in [0.2, 0.25) is 5.91 Å². The van der Waals surface area contributed by atoms with E-state index in [1.807, 2.05) is 19.9 Å². The van der Waals surface area contributed by atoms with Crippen molar-refractivity contribution in [2.24, 2.45) is 5.92 Å². The molecule has 1 atom stereocenters. The Hall–Kier alpha value is -1.42. The van der Waals surface area contributed by atoms with E-state index in [-0.39, 0.29) is 5.91 Å². The summed E-state index contributed by atoms with van der Waals surface area (Å²) in [6.07, 6.45) is 1.66. The zero-order valence-electron chi connectivity index (χ0n) is 12.6. The number of nitrogens with one attached hydrogen (secondary N) is 1. The van der Waals surface area contributed by atoms with Crippen molar-refractivity contribution in [3.63, 3.8) is 0 Å². The monoisotopic (exact) mass is 290 g/mol. The Morgan fingerprint density at radius 3 is 2.75 bits per heavy atom. The van der Waals surface area contributed by atoms with E-state index in [1.165, 1.54) is 5.56 Å². The van der Waals surface area contributed by atoms with Crippen LogP contribution < -0.4 is 5.32 Å². The second-order valence-electron chi connectivity index (χ2n) is 5.70. The summed E-state index contributed by atoms with van der Waals surface area (Å²) in [5.41, 5.74) is 2.30. The topological polar surface area (TPSA) is 42.0 Å². The number of fused-ring (bicyclic) bond motifs is 1. The lowest BCUT2D eigenvalue weighted by atomic mass is 9.99. The van der Waals surface area contributed by atoms with Gasteiger partial charge in [-0.25, -0.2) is 4.98 Å². The van der Waals surface area contributed by atoms with Crippen LogP contribution in [-0.2, 0) is 4.79 Å². The van der Waals surface area contributed by atoms with Gasteiger partial charge in [0.05, 0.1) is 10.2 Å². The Kier molecular flexibility index (Phi) is 4.76. The summed E-state index contributed by atoms with van der Waals surface area (Å²) in [4.78, 5) is 16.2. The van der Waals surface area contributed by atoms with Crippen LogP contribution in [0.25, 0.3) is 10.2 Å². The Morgan fingerprint density at radius 2 is 2.10 bits per heavy atom. The number of hydrogen-bond acceptors (Lipinski definition) is 3. The first kappa shape index (κ1) is 15.0. The minimum atomic E-state index is 0.0428. The molecule has 1 aromatic carbocycles. The van der Waals surface area contributed by atoms with Crippen molar-refractivity contribution in [3.8, 4) is 0 Å². The van der Waals surface area contributed by atoms with E-state index in [0.717, 1.165) is 16.6 Å². The molecule has 0 aliphatic heterocycles. The molecule has 1 amide bonds. The summed E-state index contributed by atoms with van der Waals surface area (Å²) in [6, 6.07) is 6.38. The van der Waals surface area contributed by atoms with Crippen molar-refractivity contribution in [2.45, 2.75) is 46.5 Å². The van der Waals surface area contributed by atoms with Crippen LogP contribution in [0.5, 0.6) is 0 Å². The van der Waals surface area contributed by atoms with Crippen LogP contribution in [0.2, 0.25) is 0 Å². The van der Waals surface area contributed by atoms with Crippen molar-refractivity contribution in [2.75, 3.05) is 5.32 Å². The number of thiazole rings is 1. The van der Waals surface area contributed by atoms with Gasteiger partial charge >= 0.3 is 0 Å². The first-order valence-electron chi connectivity index (χ1n) is 7.20. The molecule has 1 heterocycles. The number of carbonyl (C=O) groups is 1. The highest BCUT2D eigenvalue weighted by Gasteiger charge is 2.11. The van der Waals surface area contributed by atoms with Crippen LogP contribution >= 0.6 is 11.3 Å². The van der Waals surface area contributed by atoms with Gasteiger partial charge in [-0.3, -0.25) is 4.79 Å². The van der Waals surface area contributed by atoms with Gasteiger partial charge in [-0.2, -0.15) is 0 Å². The van der Waals surface area contributed by atoms with Crippen LogP contribution in [-0.4, -0.2) is 10.9 Å². The molecular formula is C16H22N2OS. The molecule has 0 aliphatic carbocycles. The van der Waals surface area contributed by atoms with Crippen molar-refractivity contribution < 1.29 is 4.79 Å². The highest BCUT2D eigenvalue weighted by molar-refractivity contribution is 7.22. The average molecular weight is 290 g/mol. The van der Waals surface area contributed by atoms with Gasteiger partial charge in [0.15, 0.2) is 5.13 Å². The van der Waals surface area contributed by atoms with Crippen LogP contribution in [0.4, 0.5) is 5.13 Å². The first-order chi connectivity index (χ1) is 9.49. The fourth-order valence-electron chi connectivity index (χ4n) is 2.08. The second-order valence-corrected chi connectivity index (χ2v) is 6.73. The molecule has 0 fully saturated rings. The Bertz CT molecular complexity index is 604. The largest absolute Gasteiger partial charge is 0.302 e. The number of benzene rings is 1. The van der Waals surface area contributed by atoms with Gasteiger partial charge < -0.3 is 5.32 Å². The van der Waals surface area contributed by atoms with E-state index in [2.05, 4.69) is 36.3 Å². The number of nitrogens with zero attached hydrogens (tertiary/aromatic N) is 1. The smallest absolute Gasteiger partial charge is 0.226 e. The molecule has 0 saturated heterocycles. The molecule has 1 aromatic heterocycles. The number of amides is 1. The minimum absolute atomic E-state index is 0.0428. The van der Waals surface area contributed by atoms with Crippen molar-refractivity contribution >= 4 is 32.6 Å². The van der Waals surface area contributed by atoms with E-state index in [1.54, 1.807) is 11.3 Å². The number of rotatable bonds is 5. The fourth-order valence-corrected chi connectivity index (χ4v) is 3.01. The summed E-state index contributed by atoms with van der Waals surface area (Å²) in [7, 11) is 0. The molecule has 0 bridgehead atoms. The predicted octanol–water partition coefficient (Wildman–Crippen LogP) is 4.79. The molecule has 3 nitrogen and oxygen atoms in total. The molecule has 20 heavy (non-hydrogen) atoms. The third kappa shape index (κ3) is 3.57. The molecule has 0 radical (unpaired) electrons. The minimum Gasteiger partial charge on any atom is -0.302 e. The van der Waals surface area contributed by atoms with Gasteiger partial charge in [-0.05, 0) is 36.0 Å². The molecule has 108 valence electrons. The van der Waals surface area contributed by atoms with Gasteiger partial charge in [-0.1, -0.05) is 45.1 Å². The highest BCUT2D eigenvalue weighted by atomic mass is 32.1. The fraction of sp³-hybridized carbons (Fsp3) is 0.500. The average Bonchev–Trinajstić information content (AvgIpc) is 2.77. The lowest BCUT2D eigenvalue weighted by Crippen LogP contribution is -2.13. The third-order valence-corrected chi connectivity index (χ3v) is 4.37. The lowest BCUT2D eigenvalue weighted by molar-refractivity contribution is -0.116. The zero-order chi connectivity index (χ0) is 14.7. The molecule has 0 spiro atoms. The molecule has 0 aliphatic rings. The maximum atomic E-state index is 11.8. The number of hydrogen-bond donors (Lipinski definition) is 1. The number of carbonyl (C=O) groups excluding carboxylic acids is 1. The molecule has 2 aromatic rings. The second kappa shape index (κ2) is 6.35. The molecule has 1 N–H and O–H groups in total. The van der Waals surface area contributed by atoms with Gasteiger partial charge in [0.1, 0.15) is 0 Å². The summed E-state index contributed by atoms with van der Waals surface area (Å²) < 4.78 is 1.14. The van der Waals surface area contributed by atoms with Gasteiger partial charge in [0, 0.05) is 6.42 Å². The molecular weight excluding hydrogens is 268 g/mol. The predicted molar refractivity (Wildman–Crippen MR) is 86.4 cm³/mol. The van der Waals surface area contributed by atoms with Crippen molar-refractivity contribution in [1.29, 1.82) is 0 Å². The van der Waals surface area contributed by atoms with E-state index in [9.17, 15) is 4.79 Å². The Balaban J connectivity index is 2.19. The zero-order valence-corrected chi connectivity index (χ0v) is 13.4. The summed E-state index contributed by atoms with van der Waals surface area (Å²) in [6.45, 7) is 8.50. The van der Waals surface area contributed by atoms with Gasteiger partial charge in [-0.15, -0.1) is 0 Å². The van der Waals surface area contributed by atoms with E-state index >= 15 is 0 Å². The maximum Gasteiger partial charge on any atom is 0.226 e. The van der Waals surface area contributed by atoms with Crippen LogP contribution in [0, 0.1) is 5.92 Å².